The van der Waals surface area contributed by atoms with Gasteiger partial charge in [0.2, 0.25) is 0 Å². The maximum Gasteiger partial charge on any atom is 0.254 e. The normalized spacial score (nSPS) is 10.5. The van der Waals surface area contributed by atoms with E-state index in [4.69, 9.17) is 0 Å². The van der Waals surface area contributed by atoms with Gasteiger partial charge in [0.1, 0.15) is 12.7 Å². The summed E-state index contributed by atoms with van der Waals surface area (Å²) in [6.45, 7) is 0.593. The highest BCUT2D eigenvalue weighted by molar-refractivity contribution is 5.94. The molecule has 0 radical (unpaired) electrons. The van der Waals surface area contributed by atoms with Gasteiger partial charge in [-0.25, -0.2) is 14.6 Å². The summed E-state index contributed by atoms with van der Waals surface area (Å²) >= 11 is 0. The predicted molar refractivity (Wildman–Crippen MR) is 87.4 cm³/mol. The maximum atomic E-state index is 12.8. The van der Waals surface area contributed by atoms with Gasteiger partial charge in [-0.1, -0.05) is 30.3 Å². The van der Waals surface area contributed by atoms with Crippen molar-refractivity contribution in [3.05, 3.63) is 72.4 Å². The molecule has 2 heterocycles. The van der Waals surface area contributed by atoms with Gasteiger partial charge in [-0.2, -0.15) is 5.10 Å². The highest BCUT2D eigenvalue weighted by Crippen LogP contribution is 2.12. The van der Waals surface area contributed by atoms with Crippen molar-refractivity contribution in [2.75, 3.05) is 13.2 Å². The van der Waals surface area contributed by atoms with Gasteiger partial charge in [0, 0.05) is 24.8 Å². The van der Waals surface area contributed by atoms with Crippen LogP contribution in [0.15, 0.2) is 61.3 Å². The van der Waals surface area contributed by atoms with Crippen LogP contribution in [0.3, 0.4) is 0 Å². The lowest BCUT2D eigenvalue weighted by molar-refractivity contribution is 0.0707. The Labute approximate surface area is 139 Å². The van der Waals surface area contributed by atoms with Crippen LogP contribution in [0.4, 0.5) is 0 Å². The van der Waals surface area contributed by atoms with E-state index in [1.807, 2.05) is 30.3 Å². The minimum absolute atomic E-state index is 0.0976. The van der Waals surface area contributed by atoms with Crippen LogP contribution in [0.1, 0.15) is 15.9 Å². The van der Waals surface area contributed by atoms with Gasteiger partial charge >= 0.3 is 0 Å². The number of carbonyl (C=O) groups is 1. The lowest BCUT2D eigenvalue weighted by Gasteiger charge is -2.22. The summed E-state index contributed by atoms with van der Waals surface area (Å²) in [7, 11) is 0. The average molecular weight is 323 g/mol. The number of amides is 1. The number of pyridine rings is 1. The Morgan fingerprint density at radius 2 is 2.04 bits per heavy atom. The molecule has 0 fully saturated rings. The molecule has 122 valence electrons. The van der Waals surface area contributed by atoms with Crippen molar-refractivity contribution in [3.8, 4) is 5.82 Å². The third kappa shape index (κ3) is 3.64. The zero-order chi connectivity index (χ0) is 16.8. The first kappa shape index (κ1) is 15.8. The molecule has 1 amide bonds. The molecule has 2 aromatic heterocycles. The van der Waals surface area contributed by atoms with Crippen molar-refractivity contribution in [3.63, 3.8) is 0 Å². The van der Waals surface area contributed by atoms with Crippen LogP contribution >= 0.6 is 0 Å². The second kappa shape index (κ2) is 7.47. The van der Waals surface area contributed by atoms with Gasteiger partial charge < -0.3 is 10.0 Å². The molecule has 0 saturated heterocycles. The van der Waals surface area contributed by atoms with Crippen molar-refractivity contribution >= 4 is 5.91 Å². The third-order valence-corrected chi connectivity index (χ3v) is 3.52. The Kier molecular flexibility index (Phi) is 4.93. The van der Waals surface area contributed by atoms with Crippen LogP contribution in [0.2, 0.25) is 0 Å². The lowest BCUT2D eigenvalue weighted by Crippen LogP contribution is -2.33. The number of aliphatic hydroxyl groups is 1. The summed E-state index contributed by atoms with van der Waals surface area (Å²) < 4.78 is 1.49. The Morgan fingerprint density at radius 1 is 1.21 bits per heavy atom. The van der Waals surface area contributed by atoms with Crippen molar-refractivity contribution < 1.29 is 9.90 Å². The van der Waals surface area contributed by atoms with E-state index >= 15 is 0 Å². The van der Waals surface area contributed by atoms with Gasteiger partial charge in [-0.05, 0) is 17.7 Å². The van der Waals surface area contributed by atoms with Gasteiger partial charge in [0.25, 0.3) is 5.91 Å². The van der Waals surface area contributed by atoms with E-state index in [0.29, 0.717) is 17.9 Å². The third-order valence-electron chi connectivity index (χ3n) is 3.52. The molecule has 1 N–H and O–H groups in total. The van der Waals surface area contributed by atoms with Crippen molar-refractivity contribution in [1.82, 2.24) is 24.6 Å². The summed E-state index contributed by atoms with van der Waals surface area (Å²) in [6, 6.07) is 13.0. The Balaban J connectivity index is 1.83. The summed E-state index contributed by atoms with van der Waals surface area (Å²) in [4.78, 5) is 22.5. The Morgan fingerprint density at radius 3 is 2.75 bits per heavy atom. The number of nitrogens with zero attached hydrogens (tertiary/aromatic N) is 5. The van der Waals surface area contributed by atoms with Crippen LogP contribution in [0, 0.1) is 0 Å². The topological polar surface area (TPSA) is 84.1 Å². The van der Waals surface area contributed by atoms with Crippen molar-refractivity contribution in [1.29, 1.82) is 0 Å². The number of hydrogen-bond acceptors (Lipinski definition) is 5. The number of rotatable bonds is 6. The quantitative estimate of drug-likeness (QED) is 0.739. The smallest absolute Gasteiger partial charge is 0.254 e. The second-order valence-electron chi connectivity index (χ2n) is 5.18. The molecule has 24 heavy (non-hydrogen) atoms. The standard InChI is InChI=1S/C17H17N5O2/c23-9-8-21(11-14-4-2-1-3-5-14)17(24)15-6-7-19-16(10-15)22-13-18-12-20-22/h1-7,10,12-13,23H,8-9,11H2. The fraction of sp³-hybridized carbons (Fsp3) is 0.176. The van der Waals surface area contributed by atoms with E-state index in [0.717, 1.165) is 5.56 Å². The van der Waals surface area contributed by atoms with Crippen molar-refractivity contribution in [2.45, 2.75) is 6.54 Å². The molecule has 0 aliphatic heterocycles. The second-order valence-corrected chi connectivity index (χ2v) is 5.18. The van der Waals surface area contributed by atoms with Gasteiger partial charge in [-0.15, -0.1) is 0 Å². The first-order valence-corrected chi connectivity index (χ1v) is 7.53. The van der Waals surface area contributed by atoms with Gasteiger partial charge in [0.15, 0.2) is 5.82 Å². The highest BCUT2D eigenvalue weighted by Gasteiger charge is 2.17. The first-order valence-electron chi connectivity index (χ1n) is 7.53. The van der Waals surface area contributed by atoms with Crippen LogP contribution < -0.4 is 0 Å². The monoisotopic (exact) mass is 323 g/mol. The molecule has 7 heteroatoms. The molecule has 0 unspecified atom stereocenters. The van der Waals surface area contributed by atoms with Crippen LogP contribution in [0.25, 0.3) is 5.82 Å². The molecular formula is C17H17N5O2. The van der Waals surface area contributed by atoms with Crippen LogP contribution in [-0.4, -0.2) is 48.8 Å². The fourth-order valence-electron chi connectivity index (χ4n) is 2.36. The molecule has 3 aromatic rings. The van der Waals surface area contributed by atoms with Crippen molar-refractivity contribution in [2.24, 2.45) is 0 Å². The van der Waals surface area contributed by atoms with Crippen LogP contribution in [0.5, 0.6) is 0 Å². The van der Waals surface area contributed by atoms with E-state index in [-0.39, 0.29) is 19.1 Å². The predicted octanol–water partition coefficient (Wildman–Crippen LogP) is 1.30. The van der Waals surface area contributed by atoms with E-state index in [2.05, 4.69) is 15.1 Å². The Hall–Kier alpha value is -3.06. The summed E-state index contributed by atoms with van der Waals surface area (Å²) in [5, 5.41) is 13.3. The number of aliphatic hydroxyl groups excluding tert-OH is 1. The van der Waals surface area contributed by atoms with Gasteiger partial charge in [0.05, 0.1) is 6.61 Å². The molecule has 0 aliphatic carbocycles. The van der Waals surface area contributed by atoms with E-state index in [1.165, 1.54) is 17.3 Å². The Bertz CT molecular complexity index is 790. The number of benzene rings is 1. The number of aromatic nitrogens is 4. The number of hydrogen-bond donors (Lipinski definition) is 1. The largest absolute Gasteiger partial charge is 0.395 e. The summed E-state index contributed by atoms with van der Waals surface area (Å²) in [5.74, 6) is 0.346. The molecule has 7 nitrogen and oxygen atoms in total. The SMILES string of the molecule is O=C(c1ccnc(-n2cncn2)c1)N(CCO)Cc1ccccc1. The molecule has 0 spiro atoms. The van der Waals surface area contributed by atoms with E-state index in [9.17, 15) is 9.90 Å². The summed E-state index contributed by atoms with van der Waals surface area (Å²) in [6.07, 6.45) is 4.49. The average Bonchev–Trinajstić information content (AvgIpc) is 3.16. The highest BCUT2D eigenvalue weighted by atomic mass is 16.3. The lowest BCUT2D eigenvalue weighted by atomic mass is 10.1. The number of carbonyl (C=O) groups excluding carboxylic acids is 1. The molecular weight excluding hydrogens is 306 g/mol. The van der Waals surface area contributed by atoms with E-state index < -0.39 is 0 Å². The van der Waals surface area contributed by atoms with Crippen LogP contribution in [-0.2, 0) is 6.54 Å². The fourth-order valence-corrected chi connectivity index (χ4v) is 2.36. The first-order chi connectivity index (χ1) is 11.8. The molecule has 0 bridgehead atoms. The zero-order valence-electron chi connectivity index (χ0n) is 13.0. The van der Waals surface area contributed by atoms with E-state index in [1.54, 1.807) is 23.2 Å². The molecule has 1 aromatic carbocycles. The molecule has 0 atom stereocenters. The zero-order valence-corrected chi connectivity index (χ0v) is 13.0. The minimum atomic E-state index is -0.170. The maximum absolute atomic E-state index is 12.8. The minimum Gasteiger partial charge on any atom is -0.395 e. The molecule has 3 rings (SSSR count). The van der Waals surface area contributed by atoms with Gasteiger partial charge in [-0.3, -0.25) is 4.79 Å². The molecule has 0 aliphatic rings. The summed E-state index contributed by atoms with van der Waals surface area (Å²) in [5.41, 5.74) is 1.49. The molecule has 0 saturated carbocycles.